The molecule has 1 saturated heterocycles. The van der Waals surface area contributed by atoms with Gasteiger partial charge in [0.1, 0.15) is 0 Å². The van der Waals surface area contributed by atoms with E-state index in [9.17, 15) is 23.3 Å². The molecule has 2 rings (SSSR count). The first-order valence-corrected chi connectivity index (χ1v) is 7.63. The highest BCUT2D eigenvalue weighted by atomic mass is 19.4. The van der Waals surface area contributed by atoms with Crippen molar-refractivity contribution >= 4 is 5.69 Å². The first-order chi connectivity index (χ1) is 11.6. The Balaban J connectivity index is 2.28. The van der Waals surface area contributed by atoms with E-state index in [2.05, 4.69) is 4.74 Å². The zero-order chi connectivity index (χ0) is 18.8. The lowest BCUT2D eigenvalue weighted by Gasteiger charge is -2.18. The number of methoxy groups -OCH3 is 1. The van der Waals surface area contributed by atoms with E-state index in [4.69, 9.17) is 10.5 Å². The third kappa shape index (κ3) is 4.95. The van der Waals surface area contributed by atoms with E-state index in [-0.39, 0.29) is 35.7 Å². The summed E-state index contributed by atoms with van der Waals surface area (Å²) in [5.41, 5.74) is 5.98. The second-order valence-electron chi connectivity index (χ2n) is 6.13. The van der Waals surface area contributed by atoms with E-state index < -0.39 is 17.7 Å². The standard InChI is InChI=1S/C15H20F3N3O4/c1-9-5-20(7-11(9)19)6-10-3-13(24-2)14(4-12(10)21(22)23)25-8-15(16,17)18/h3-4,9,11H,5-8,19H2,1-2H3. The monoisotopic (exact) mass is 363 g/mol. The first kappa shape index (κ1) is 19.3. The van der Waals surface area contributed by atoms with Crippen molar-refractivity contribution in [1.29, 1.82) is 0 Å². The zero-order valence-electron chi connectivity index (χ0n) is 13.9. The van der Waals surface area contributed by atoms with Crippen LogP contribution in [-0.2, 0) is 6.54 Å². The van der Waals surface area contributed by atoms with E-state index >= 15 is 0 Å². The number of benzene rings is 1. The summed E-state index contributed by atoms with van der Waals surface area (Å²) in [6.45, 7) is 1.97. The quantitative estimate of drug-likeness (QED) is 0.616. The zero-order valence-corrected chi connectivity index (χ0v) is 13.9. The molecule has 0 bridgehead atoms. The molecule has 2 N–H and O–H groups in total. The third-order valence-electron chi connectivity index (χ3n) is 4.09. The molecule has 1 fully saturated rings. The lowest BCUT2D eigenvalue weighted by Crippen LogP contribution is -2.28. The fourth-order valence-electron chi connectivity index (χ4n) is 2.79. The molecule has 2 unspecified atom stereocenters. The van der Waals surface area contributed by atoms with Crippen LogP contribution in [0.5, 0.6) is 11.5 Å². The Morgan fingerprint density at radius 2 is 2.04 bits per heavy atom. The van der Waals surface area contributed by atoms with Gasteiger partial charge in [0.25, 0.3) is 5.69 Å². The highest BCUT2D eigenvalue weighted by Gasteiger charge is 2.31. The highest BCUT2D eigenvalue weighted by Crippen LogP contribution is 2.36. The normalized spacial score (nSPS) is 21.4. The molecule has 0 aromatic heterocycles. The fourth-order valence-corrected chi connectivity index (χ4v) is 2.79. The molecule has 10 heteroatoms. The minimum atomic E-state index is -4.56. The summed E-state index contributed by atoms with van der Waals surface area (Å²) < 4.78 is 46.7. The molecule has 25 heavy (non-hydrogen) atoms. The van der Waals surface area contributed by atoms with Crippen LogP contribution < -0.4 is 15.2 Å². The number of nitro groups is 1. The van der Waals surface area contributed by atoms with E-state index in [0.717, 1.165) is 6.07 Å². The van der Waals surface area contributed by atoms with E-state index in [1.807, 2.05) is 11.8 Å². The summed E-state index contributed by atoms with van der Waals surface area (Å²) in [5, 5.41) is 11.3. The number of hydrogen-bond acceptors (Lipinski definition) is 6. The van der Waals surface area contributed by atoms with Crippen molar-refractivity contribution in [2.45, 2.75) is 25.7 Å². The lowest BCUT2D eigenvalue weighted by molar-refractivity contribution is -0.385. The Morgan fingerprint density at radius 1 is 1.36 bits per heavy atom. The second-order valence-corrected chi connectivity index (χ2v) is 6.13. The van der Waals surface area contributed by atoms with Gasteiger partial charge in [0.2, 0.25) is 0 Å². The van der Waals surface area contributed by atoms with Crippen LogP contribution in [0.1, 0.15) is 12.5 Å². The Bertz CT molecular complexity index is 629. The van der Waals surface area contributed by atoms with Crippen molar-refractivity contribution in [3.63, 3.8) is 0 Å². The van der Waals surface area contributed by atoms with Crippen LogP contribution in [0.2, 0.25) is 0 Å². The predicted molar refractivity (Wildman–Crippen MR) is 83.6 cm³/mol. The number of ether oxygens (including phenoxy) is 2. The Kier molecular flexibility index (Phi) is 5.73. The predicted octanol–water partition coefficient (Wildman–Crippen LogP) is 2.32. The number of nitrogens with two attached hydrogens (primary N) is 1. The van der Waals surface area contributed by atoms with Gasteiger partial charge in [-0.15, -0.1) is 0 Å². The number of likely N-dealkylation sites (tertiary alicyclic amines) is 1. The van der Waals surface area contributed by atoms with Crippen LogP contribution in [0.4, 0.5) is 18.9 Å². The number of nitrogens with zero attached hydrogens (tertiary/aromatic N) is 2. The van der Waals surface area contributed by atoms with Crippen LogP contribution >= 0.6 is 0 Å². The summed E-state index contributed by atoms with van der Waals surface area (Å²) in [7, 11) is 1.26. The Hall–Kier alpha value is -2.07. The molecule has 7 nitrogen and oxygen atoms in total. The molecule has 1 aliphatic heterocycles. The number of rotatable bonds is 6. The van der Waals surface area contributed by atoms with Crippen molar-refractivity contribution in [3.8, 4) is 11.5 Å². The molecule has 2 atom stereocenters. The molecular weight excluding hydrogens is 343 g/mol. The van der Waals surface area contributed by atoms with Gasteiger partial charge in [0.15, 0.2) is 18.1 Å². The topological polar surface area (TPSA) is 90.9 Å². The molecule has 140 valence electrons. The summed E-state index contributed by atoms with van der Waals surface area (Å²) in [5.74, 6) is -0.0431. The van der Waals surface area contributed by atoms with Gasteiger partial charge in [-0.2, -0.15) is 13.2 Å². The van der Waals surface area contributed by atoms with Crippen molar-refractivity contribution < 1.29 is 27.6 Å². The Labute approximate surface area is 142 Å². The average molecular weight is 363 g/mol. The highest BCUT2D eigenvalue weighted by molar-refractivity contribution is 5.54. The number of halogens is 3. The smallest absolute Gasteiger partial charge is 0.422 e. The van der Waals surface area contributed by atoms with Crippen LogP contribution in [0, 0.1) is 16.0 Å². The van der Waals surface area contributed by atoms with Crippen LogP contribution in [0.3, 0.4) is 0 Å². The number of hydrogen-bond donors (Lipinski definition) is 1. The van der Waals surface area contributed by atoms with Gasteiger partial charge in [0, 0.05) is 31.2 Å². The largest absolute Gasteiger partial charge is 0.493 e. The summed E-state index contributed by atoms with van der Waals surface area (Å²) in [6, 6.07) is 2.30. The first-order valence-electron chi connectivity index (χ1n) is 7.63. The summed E-state index contributed by atoms with van der Waals surface area (Å²) >= 11 is 0. The summed E-state index contributed by atoms with van der Waals surface area (Å²) in [6.07, 6.45) is -4.56. The van der Waals surface area contributed by atoms with Crippen LogP contribution in [-0.4, -0.2) is 48.8 Å². The second kappa shape index (κ2) is 7.44. The fraction of sp³-hybridized carbons (Fsp3) is 0.600. The average Bonchev–Trinajstić information content (AvgIpc) is 2.82. The van der Waals surface area contributed by atoms with Gasteiger partial charge < -0.3 is 15.2 Å². The van der Waals surface area contributed by atoms with Crippen molar-refractivity contribution in [1.82, 2.24) is 4.90 Å². The minimum absolute atomic E-state index is 0.0152. The molecule has 0 radical (unpaired) electrons. The van der Waals surface area contributed by atoms with Crippen molar-refractivity contribution in [3.05, 3.63) is 27.8 Å². The summed E-state index contributed by atoms with van der Waals surface area (Å²) in [4.78, 5) is 12.6. The molecule has 1 heterocycles. The van der Waals surface area contributed by atoms with Crippen LogP contribution in [0.15, 0.2) is 12.1 Å². The van der Waals surface area contributed by atoms with Gasteiger partial charge >= 0.3 is 6.18 Å². The van der Waals surface area contributed by atoms with E-state index in [0.29, 0.717) is 18.7 Å². The number of nitro benzene ring substituents is 1. The molecule has 1 aromatic carbocycles. The molecule has 1 aliphatic rings. The van der Waals surface area contributed by atoms with Gasteiger partial charge in [-0.3, -0.25) is 15.0 Å². The van der Waals surface area contributed by atoms with Gasteiger partial charge in [0.05, 0.1) is 18.1 Å². The third-order valence-corrected chi connectivity index (χ3v) is 4.09. The van der Waals surface area contributed by atoms with E-state index in [1.54, 1.807) is 0 Å². The lowest BCUT2D eigenvalue weighted by atomic mass is 10.1. The molecule has 0 aliphatic carbocycles. The molecular formula is C15H20F3N3O4. The van der Waals surface area contributed by atoms with Crippen molar-refractivity contribution in [2.75, 3.05) is 26.8 Å². The SMILES string of the molecule is COc1cc(CN2CC(C)C(N)C2)c([N+](=O)[O-])cc1OCC(F)(F)F. The van der Waals surface area contributed by atoms with Gasteiger partial charge in [-0.25, -0.2) is 0 Å². The number of alkyl halides is 3. The van der Waals surface area contributed by atoms with Crippen molar-refractivity contribution in [2.24, 2.45) is 11.7 Å². The maximum atomic E-state index is 12.3. The molecule has 0 amide bonds. The van der Waals surface area contributed by atoms with E-state index in [1.165, 1.54) is 13.2 Å². The van der Waals surface area contributed by atoms with Crippen LogP contribution in [0.25, 0.3) is 0 Å². The molecule has 0 spiro atoms. The minimum Gasteiger partial charge on any atom is -0.493 e. The molecule has 0 saturated carbocycles. The maximum absolute atomic E-state index is 12.3. The maximum Gasteiger partial charge on any atom is 0.422 e. The Morgan fingerprint density at radius 3 is 2.52 bits per heavy atom. The van der Waals surface area contributed by atoms with Gasteiger partial charge in [-0.1, -0.05) is 6.92 Å². The molecule has 1 aromatic rings. The van der Waals surface area contributed by atoms with Gasteiger partial charge in [-0.05, 0) is 12.0 Å².